The fraction of sp³-hybridized carbons (Fsp3) is 0.846. The van der Waals surface area contributed by atoms with Crippen LogP contribution in [0.2, 0.25) is 0 Å². The molecule has 17 heavy (non-hydrogen) atoms. The molecular formula is C13H24N2O2. The van der Waals surface area contributed by atoms with Crippen LogP contribution in [-0.2, 0) is 4.74 Å². The molecule has 1 saturated carbocycles. The Morgan fingerprint density at radius 2 is 2.06 bits per heavy atom. The van der Waals surface area contributed by atoms with Gasteiger partial charge in [0.2, 0.25) is 0 Å². The minimum Gasteiger partial charge on any atom is -0.452 e. The van der Waals surface area contributed by atoms with E-state index in [0.717, 1.165) is 24.5 Å². The van der Waals surface area contributed by atoms with Crippen LogP contribution in [0, 0.1) is 11.3 Å². The van der Waals surface area contributed by atoms with E-state index in [2.05, 4.69) is 36.0 Å². The lowest BCUT2D eigenvalue weighted by atomic mass is 9.69. The minimum atomic E-state index is -0.492. The van der Waals surface area contributed by atoms with E-state index in [9.17, 15) is 4.79 Å². The predicted molar refractivity (Wildman–Crippen MR) is 69.0 cm³/mol. The van der Waals surface area contributed by atoms with Gasteiger partial charge in [0.25, 0.3) is 0 Å². The van der Waals surface area contributed by atoms with Gasteiger partial charge in [0.05, 0.1) is 7.11 Å². The number of nitrogens with zero attached hydrogens (tertiary/aromatic N) is 1. The number of methoxy groups -OCH3 is 1. The van der Waals surface area contributed by atoms with Gasteiger partial charge in [-0.2, -0.15) is 5.10 Å². The fourth-order valence-electron chi connectivity index (χ4n) is 2.30. The second-order valence-corrected chi connectivity index (χ2v) is 5.40. The van der Waals surface area contributed by atoms with Gasteiger partial charge in [-0.15, -0.1) is 0 Å². The summed E-state index contributed by atoms with van der Waals surface area (Å²) in [7, 11) is 1.34. The highest BCUT2D eigenvalue weighted by Crippen LogP contribution is 2.39. The highest BCUT2D eigenvalue weighted by atomic mass is 16.5. The van der Waals surface area contributed by atoms with Crippen LogP contribution in [-0.4, -0.2) is 18.9 Å². The average molecular weight is 240 g/mol. The molecule has 0 heterocycles. The van der Waals surface area contributed by atoms with E-state index >= 15 is 0 Å². The zero-order valence-corrected chi connectivity index (χ0v) is 11.4. The number of nitrogens with one attached hydrogen (secondary N) is 1. The molecule has 0 spiro atoms. The molecule has 1 N–H and O–H groups in total. The summed E-state index contributed by atoms with van der Waals surface area (Å²) in [6, 6.07) is 0. The fourth-order valence-corrected chi connectivity index (χ4v) is 2.30. The lowest BCUT2D eigenvalue weighted by Crippen LogP contribution is -2.29. The van der Waals surface area contributed by atoms with E-state index < -0.39 is 6.09 Å². The maximum Gasteiger partial charge on any atom is 0.427 e. The van der Waals surface area contributed by atoms with Crippen molar-refractivity contribution in [3.8, 4) is 0 Å². The van der Waals surface area contributed by atoms with Crippen molar-refractivity contribution >= 4 is 11.8 Å². The molecule has 0 unspecified atom stereocenters. The van der Waals surface area contributed by atoms with Crippen LogP contribution < -0.4 is 5.43 Å². The number of carbonyl (C=O) groups excluding carboxylic acids is 1. The largest absolute Gasteiger partial charge is 0.452 e. The van der Waals surface area contributed by atoms with Gasteiger partial charge in [0.1, 0.15) is 0 Å². The van der Waals surface area contributed by atoms with Gasteiger partial charge in [-0.25, -0.2) is 10.2 Å². The lowest BCUT2D eigenvalue weighted by molar-refractivity contribution is 0.169. The molecule has 0 aromatic carbocycles. The topological polar surface area (TPSA) is 50.7 Å². The van der Waals surface area contributed by atoms with Gasteiger partial charge in [-0.05, 0) is 37.0 Å². The maximum absolute atomic E-state index is 10.9. The first-order valence-electron chi connectivity index (χ1n) is 6.39. The van der Waals surface area contributed by atoms with Crippen molar-refractivity contribution in [1.29, 1.82) is 0 Å². The third kappa shape index (κ3) is 4.02. The molecule has 0 atom stereocenters. The Hall–Kier alpha value is -1.06. The van der Waals surface area contributed by atoms with Crippen LogP contribution in [0.25, 0.3) is 0 Å². The molecule has 98 valence electrons. The van der Waals surface area contributed by atoms with Crippen molar-refractivity contribution in [2.75, 3.05) is 7.11 Å². The van der Waals surface area contributed by atoms with E-state index in [0.29, 0.717) is 5.41 Å². The molecule has 1 amide bonds. The van der Waals surface area contributed by atoms with Crippen LogP contribution in [0.3, 0.4) is 0 Å². The van der Waals surface area contributed by atoms with Crippen molar-refractivity contribution in [2.24, 2.45) is 16.4 Å². The highest BCUT2D eigenvalue weighted by molar-refractivity contribution is 5.86. The molecule has 0 radical (unpaired) electrons. The molecule has 0 aromatic rings. The van der Waals surface area contributed by atoms with Gasteiger partial charge in [0.15, 0.2) is 0 Å². The molecule has 0 saturated heterocycles. The van der Waals surface area contributed by atoms with Crippen molar-refractivity contribution in [2.45, 2.75) is 52.9 Å². The van der Waals surface area contributed by atoms with E-state index in [4.69, 9.17) is 0 Å². The average Bonchev–Trinajstić information content (AvgIpc) is 2.36. The SMILES string of the molecule is CCC(C)(C)C1CCC(=NNC(=O)OC)CC1. The van der Waals surface area contributed by atoms with E-state index in [1.807, 2.05) is 0 Å². The number of amides is 1. The summed E-state index contributed by atoms with van der Waals surface area (Å²) < 4.78 is 4.48. The first-order chi connectivity index (χ1) is 7.99. The highest BCUT2D eigenvalue weighted by Gasteiger charge is 2.30. The molecule has 0 aliphatic heterocycles. The molecule has 1 aliphatic rings. The van der Waals surface area contributed by atoms with Crippen molar-refractivity contribution in [3.05, 3.63) is 0 Å². The summed E-state index contributed by atoms with van der Waals surface area (Å²) in [4.78, 5) is 10.9. The van der Waals surface area contributed by atoms with Crippen LogP contribution in [0.1, 0.15) is 52.9 Å². The molecule has 0 aromatic heterocycles. The quantitative estimate of drug-likeness (QED) is 0.769. The van der Waals surface area contributed by atoms with Crippen molar-refractivity contribution < 1.29 is 9.53 Å². The summed E-state index contributed by atoms with van der Waals surface area (Å²) in [6.45, 7) is 6.93. The number of hydrogen-bond donors (Lipinski definition) is 1. The third-order valence-electron chi connectivity index (χ3n) is 4.07. The number of hydrazone groups is 1. The Morgan fingerprint density at radius 3 is 2.53 bits per heavy atom. The van der Waals surface area contributed by atoms with Crippen LogP contribution >= 0.6 is 0 Å². The van der Waals surface area contributed by atoms with Crippen LogP contribution in [0.15, 0.2) is 5.10 Å². The molecule has 1 aliphatic carbocycles. The van der Waals surface area contributed by atoms with Crippen molar-refractivity contribution in [3.63, 3.8) is 0 Å². The Kier molecular flexibility index (Phi) is 4.97. The standard InChI is InChI=1S/C13H24N2O2/c1-5-13(2,3)10-6-8-11(9-7-10)14-15-12(16)17-4/h10H,5-9H2,1-4H3,(H,15,16). The summed E-state index contributed by atoms with van der Waals surface area (Å²) in [6.07, 6.45) is 5.03. The zero-order valence-electron chi connectivity index (χ0n) is 11.4. The summed E-state index contributed by atoms with van der Waals surface area (Å²) in [5, 5.41) is 4.09. The van der Waals surface area contributed by atoms with Gasteiger partial charge in [0, 0.05) is 5.71 Å². The van der Waals surface area contributed by atoms with Crippen molar-refractivity contribution in [1.82, 2.24) is 5.43 Å². The van der Waals surface area contributed by atoms with Crippen LogP contribution in [0.5, 0.6) is 0 Å². The maximum atomic E-state index is 10.9. The first kappa shape index (κ1) is 14.0. The molecule has 4 nitrogen and oxygen atoms in total. The van der Waals surface area contributed by atoms with Gasteiger partial charge >= 0.3 is 6.09 Å². The predicted octanol–water partition coefficient (Wildman–Crippen LogP) is 3.32. The van der Waals surface area contributed by atoms with Gasteiger partial charge in [-0.1, -0.05) is 27.2 Å². The normalized spacial score (nSPS) is 20.9. The number of hydrogen-bond acceptors (Lipinski definition) is 3. The molecule has 1 fully saturated rings. The summed E-state index contributed by atoms with van der Waals surface area (Å²) in [5.41, 5.74) is 3.90. The summed E-state index contributed by atoms with van der Waals surface area (Å²) in [5.74, 6) is 0.768. The molecule has 0 bridgehead atoms. The molecule has 1 rings (SSSR count). The first-order valence-corrected chi connectivity index (χ1v) is 6.39. The van der Waals surface area contributed by atoms with E-state index in [1.165, 1.54) is 26.4 Å². The second kappa shape index (κ2) is 6.03. The summed E-state index contributed by atoms with van der Waals surface area (Å²) >= 11 is 0. The van der Waals surface area contributed by atoms with Crippen LogP contribution in [0.4, 0.5) is 4.79 Å². The van der Waals surface area contributed by atoms with Gasteiger partial charge < -0.3 is 4.74 Å². The number of carbonyl (C=O) groups is 1. The number of ether oxygens (including phenoxy) is 1. The second-order valence-electron chi connectivity index (χ2n) is 5.40. The Morgan fingerprint density at radius 1 is 1.47 bits per heavy atom. The third-order valence-corrected chi connectivity index (χ3v) is 4.07. The lowest BCUT2D eigenvalue weighted by Gasteiger charge is -2.36. The Labute approximate surface area is 104 Å². The minimum absolute atomic E-state index is 0.418. The Balaban J connectivity index is 2.43. The Bertz CT molecular complexity index is 288. The van der Waals surface area contributed by atoms with Gasteiger partial charge in [-0.3, -0.25) is 0 Å². The smallest absolute Gasteiger partial charge is 0.427 e. The monoisotopic (exact) mass is 240 g/mol. The van der Waals surface area contributed by atoms with E-state index in [1.54, 1.807) is 0 Å². The number of rotatable bonds is 3. The van der Waals surface area contributed by atoms with E-state index in [-0.39, 0.29) is 0 Å². The molecule has 4 heteroatoms. The zero-order chi connectivity index (χ0) is 12.9. The molecular weight excluding hydrogens is 216 g/mol.